The van der Waals surface area contributed by atoms with Crippen LogP contribution in [0.2, 0.25) is 0 Å². The lowest BCUT2D eigenvalue weighted by atomic mass is 10.0. The number of aromatic hydroxyl groups is 1. The highest BCUT2D eigenvalue weighted by atomic mass is 16.5. The second-order valence-corrected chi connectivity index (χ2v) is 4.93. The van der Waals surface area contributed by atoms with E-state index in [1.807, 2.05) is 6.92 Å². The van der Waals surface area contributed by atoms with E-state index in [0.29, 0.717) is 17.7 Å². The molecule has 3 heteroatoms. The van der Waals surface area contributed by atoms with Crippen molar-refractivity contribution in [3.63, 3.8) is 0 Å². The van der Waals surface area contributed by atoms with Gasteiger partial charge in [0.05, 0.1) is 12.7 Å². The summed E-state index contributed by atoms with van der Waals surface area (Å²) < 4.78 is 5.19. The van der Waals surface area contributed by atoms with Gasteiger partial charge in [0.1, 0.15) is 11.5 Å². The van der Waals surface area contributed by atoms with Crippen LogP contribution in [0.25, 0.3) is 0 Å². The molecule has 1 aromatic rings. The number of ether oxygens (including phenoxy) is 1. The van der Waals surface area contributed by atoms with Gasteiger partial charge in [-0.15, -0.1) is 0 Å². The molecule has 0 unspecified atom stereocenters. The van der Waals surface area contributed by atoms with Crippen molar-refractivity contribution in [1.82, 2.24) is 0 Å². The Kier molecular flexibility index (Phi) is 6.40. The first kappa shape index (κ1) is 15.5. The summed E-state index contributed by atoms with van der Waals surface area (Å²) in [6, 6.07) is 3.22. The minimum Gasteiger partial charge on any atom is -0.507 e. The highest BCUT2D eigenvalue weighted by Gasteiger charge is 2.14. The Balaban J connectivity index is 2.61. The molecule has 1 N–H and O–H groups in total. The summed E-state index contributed by atoms with van der Waals surface area (Å²) in [6.07, 6.45) is 6.04. The summed E-state index contributed by atoms with van der Waals surface area (Å²) >= 11 is 0. The molecule has 0 aliphatic carbocycles. The first-order chi connectivity index (χ1) is 9.10. The fourth-order valence-electron chi connectivity index (χ4n) is 2.14. The number of methoxy groups -OCH3 is 1. The Hall–Kier alpha value is -1.51. The van der Waals surface area contributed by atoms with Gasteiger partial charge in [0, 0.05) is 6.42 Å². The molecule has 0 spiro atoms. The maximum atomic E-state index is 12.1. The number of phenolic OH excluding ortho intramolecular Hbond substituents is 1. The summed E-state index contributed by atoms with van der Waals surface area (Å²) in [5, 5.41) is 9.85. The standard InChI is InChI=1S/C16H24O3/c1-4-5-6-7-8-9-14(17)13-11-16(19-3)12(2)10-15(13)18/h10-11,18H,4-9H2,1-3H3. The molecule has 19 heavy (non-hydrogen) atoms. The number of unbranched alkanes of at least 4 members (excludes halogenated alkanes) is 4. The number of hydrogen-bond donors (Lipinski definition) is 1. The Bertz CT molecular complexity index is 424. The van der Waals surface area contributed by atoms with E-state index in [1.165, 1.54) is 19.3 Å². The monoisotopic (exact) mass is 264 g/mol. The van der Waals surface area contributed by atoms with Crippen LogP contribution in [0.3, 0.4) is 0 Å². The number of aryl methyl sites for hydroxylation is 1. The van der Waals surface area contributed by atoms with E-state index in [4.69, 9.17) is 4.74 Å². The van der Waals surface area contributed by atoms with E-state index in [9.17, 15) is 9.90 Å². The van der Waals surface area contributed by atoms with E-state index in [0.717, 1.165) is 18.4 Å². The highest BCUT2D eigenvalue weighted by molar-refractivity contribution is 5.99. The van der Waals surface area contributed by atoms with E-state index in [1.54, 1.807) is 19.2 Å². The van der Waals surface area contributed by atoms with Gasteiger partial charge in [0.15, 0.2) is 5.78 Å². The summed E-state index contributed by atoms with van der Waals surface area (Å²) in [7, 11) is 1.57. The van der Waals surface area contributed by atoms with Crippen molar-refractivity contribution in [1.29, 1.82) is 0 Å². The Morgan fingerprint density at radius 1 is 1.21 bits per heavy atom. The number of Topliss-reactive ketones (excluding diaryl/α,β-unsaturated/α-hetero) is 1. The zero-order chi connectivity index (χ0) is 14.3. The van der Waals surface area contributed by atoms with Crippen molar-refractivity contribution in [2.45, 2.75) is 52.4 Å². The van der Waals surface area contributed by atoms with Crippen LogP contribution in [-0.2, 0) is 0 Å². The first-order valence-corrected chi connectivity index (χ1v) is 7.01. The number of carbonyl (C=O) groups is 1. The van der Waals surface area contributed by atoms with Gasteiger partial charge in [-0.05, 0) is 31.0 Å². The predicted octanol–water partition coefficient (Wildman–Crippen LogP) is 4.25. The molecule has 0 atom stereocenters. The number of rotatable bonds is 8. The van der Waals surface area contributed by atoms with Gasteiger partial charge in [-0.1, -0.05) is 32.6 Å². The third-order valence-electron chi connectivity index (χ3n) is 3.32. The van der Waals surface area contributed by atoms with Crippen LogP contribution in [0.5, 0.6) is 11.5 Å². The van der Waals surface area contributed by atoms with Crippen molar-refractivity contribution < 1.29 is 14.6 Å². The maximum Gasteiger partial charge on any atom is 0.166 e. The Labute approximate surface area is 115 Å². The molecule has 106 valence electrons. The quantitative estimate of drug-likeness (QED) is 0.564. The summed E-state index contributed by atoms with van der Waals surface area (Å²) in [4.78, 5) is 12.1. The second kappa shape index (κ2) is 7.82. The topological polar surface area (TPSA) is 46.5 Å². The lowest BCUT2D eigenvalue weighted by molar-refractivity contribution is 0.0976. The van der Waals surface area contributed by atoms with Gasteiger partial charge in [-0.25, -0.2) is 0 Å². The molecule has 0 aromatic heterocycles. The summed E-state index contributed by atoms with van der Waals surface area (Å²) in [5.74, 6) is 0.691. The zero-order valence-corrected chi connectivity index (χ0v) is 12.2. The molecule has 0 fully saturated rings. The molecule has 3 nitrogen and oxygen atoms in total. The van der Waals surface area contributed by atoms with E-state index < -0.39 is 0 Å². The van der Waals surface area contributed by atoms with Crippen LogP contribution in [0, 0.1) is 6.92 Å². The second-order valence-electron chi connectivity index (χ2n) is 4.93. The molecule has 0 heterocycles. The average molecular weight is 264 g/mol. The summed E-state index contributed by atoms with van der Waals surface area (Å²) in [5.41, 5.74) is 1.21. The van der Waals surface area contributed by atoms with Gasteiger partial charge in [-0.3, -0.25) is 4.79 Å². The number of ketones is 1. The third-order valence-corrected chi connectivity index (χ3v) is 3.32. The molecule has 0 amide bonds. The summed E-state index contributed by atoms with van der Waals surface area (Å²) in [6.45, 7) is 4.01. The lowest BCUT2D eigenvalue weighted by Crippen LogP contribution is -2.01. The lowest BCUT2D eigenvalue weighted by Gasteiger charge is -2.09. The van der Waals surface area contributed by atoms with E-state index in [-0.39, 0.29) is 11.5 Å². The average Bonchev–Trinajstić information content (AvgIpc) is 2.38. The smallest absolute Gasteiger partial charge is 0.166 e. The third kappa shape index (κ3) is 4.58. The SMILES string of the molecule is CCCCCCCC(=O)c1cc(OC)c(C)cc1O. The minimum atomic E-state index is -0.00713. The molecular formula is C16H24O3. The highest BCUT2D eigenvalue weighted by Crippen LogP contribution is 2.28. The minimum absolute atomic E-state index is 0.00713. The van der Waals surface area contributed by atoms with Gasteiger partial charge < -0.3 is 9.84 Å². The van der Waals surface area contributed by atoms with E-state index >= 15 is 0 Å². The molecular weight excluding hydrogens is 240 g/mol. The van der Waals surface area contributed by atoms with Crippen molar-refractivity contribution in [3.05, 3.63) is 23.3 Å². The molecule has 0 saturated heterocycles. The number of phenols is 1. The van der Waals surface area contributed by atoms with Crippen molar-refractivity contribution in [3.8, 4) is 11.5 Å². The Morgan fingerprint density at radius 3 is 2.53 bits per heavy atom. The van der Waals surface area contributed by atoms with Crippen molar-refractivity contribution in [2.24, 2.45) is 0 Å². The fourth-order valence-corrected chi connectivity index (χ4v) is 2.14. The zero-order valence-electron chi connectivity index (χ0n) is 12.2. The van der Waals surface area contributed by atoms with Gasteiger partial charge in [0.25, 0.3) is 0 Å². The molecule has 1 rings (SSSR count). The molecule has 0 aliphatic rings. The first-order valence-electron chi connectivity index (χ1n) is 7.01. The molecule has 0 aliphatic heterocycles. The van der Waals surface area contributed by atoms with Gasteiger partial charge in [-0.2, -0.15) is 0 Å². The van der Waals surface area contributed by atoms with Crippen LogP contribution in [-0.4, -0.2) is 18.0 Å². The maximum absolute atomic E-state index is 12.1. The number of benzene rings is 1. The van der Waals surface area contributed by atoms with Crippen LogP contribution in [0.15, 0.2) is 12.1 Å². The van der Waals surface area contributed by atoms with E-state index in [2.05, 4.69) is 6.92 Å². The Morgan fingerprint density at radius 2 is 1.89 bits per heavy atom. The molecule has 0 bridgehead atoms. The fraction of sp³-hybridized carbons (Fsp3) is 0.562. The van der Waals surface area contributed by atoms with Crippen LogP contribution < -0.4 is 4.74 Å². The molecule has 0 radical (unpaired) electrons. The molecule has 1 aromatic carbocycles. The van der Waals surface area contributed by atoms with Crippen molar-refractivity contribution >= 4 is 5.78 Å². The molecule has 0 saturated carbocycles. The van der Waals surface area contributed by atoms with Crippen LogP contribution in [0.4, 0.5) is 0 Å². The van der Waals surface area contributed by atoms with Crippen LogP contribution in [0.1, 0.15) is 61.4 Å². The normalized spacial score (nSPS) is 10.5. The number of carbonyl (C=O) groups excluding carboxylic acids is 1. The predicted molar refractivity (Wildman–Crippen MR) is 77.1 cm³/mol. The van der Waals surface area contributed by atoms with Gasteiger partial charge >= 0.3 is 0 Å². The van der Waals surface area contributed by atoms with Crippen molar-refractivity contribution in [2.75, 3.05) is 7.11 Å². The number of hydrogen-bond acceptors (Lipinski definition) is 3. The van der Waals surface area contributed by atoms with Crippen LogP contribution >= 0.6 is 0 Å². The largest absolute Gasteiger partial charge is 0.507 e. The van der Waals surface area contributed by atoms with Gasteiger partial charge in [0.2, 0.25) is 0 Å².